The van der Waals surface area contributed by atoms with Crippen LogP contribution in [0, 0.1) is 5.41 Å². The summed E-state index contributed by atoms with van der Waals surface area (Å²) in [6.07, 6.45) is 1.73. The van der Waals surface area contributed by atoms with Crippen LogP contribution in [0.5, 0.6) is 0 Å². The Labute approximate surface area is 130 Å². The van der Waals surface area contributed by atoms with Gasteiger partial charge in [-0.25, -0.2) is 0 Å². The SMILES string of the molecule is C/C(=C\c1ccccc1Cl)C(=O)N(C)CC(C)(CO)CO. The molecule has 0 aliphatic carbocycles. The van der Waals surface area contributed by atoms with Gasteiger partial charge in [0.15, 0.2) is 0 Å². The van der Waals surface area contributed by atoms with Gasteiger partial charge in [0, 0.05) is 29.6 Å². The summed E-state index contributed by atoms with van der Waals surface area (Å²) in [4.78, 5) is 13.8. The molecule has 21 heavy (non-hydrogen) atoms. The maximum atomic E-state index is 12.3. The number of hydrogen-bond donors (Lipinski definition) is 2. The molecule has 0 fully saturated rings. The first-order chi connectivity index (χ1) is 9.83. The van der Waals surface area contributed by atoms with Crippen molar-refractivity contribution in [3.05, 3.63) is 40.4 Å². The lowest BCUT2D eigenvalue weighted by Crippen LogP contribution is -2.41. The van der Waals surface area contributed by atoms with E-state index in [0.29, 0.717) is 10.6 Å². The summed E-state index contributed by atoms with van der Waals surface area (Å²) in [5, 5.41) is 19.2. The molecule has 1 amide bonds. The molecule has 2 N–H and O–H groups in total. The molecular weight excluding hydrogens is 290 g/mol. The second-order valence-corrected chi connectivity index (χ2v) is 6.04. The normalized spacial score (nSPS) is 12.4. The molecule has 5 heteroatoms. The Balaban J connectivity index is 2.85. The van der Waals surface area contributed by atoms with Crippen LogP contribution in [0.3, 0.4) is 0 Å². The van der Waals surface area contributed by atoms with Crippen molar-refractivity contribution in [2.45, 2.75) is 13.8 Å². The number of nitrogens with zero attached hydrogens (tertiary/aromatic N) is 1. The molecule has 4 nitrogen and oxygen atoms in total. The monoisotopic (exact) mass is 311 g/mol. The van der Waals surface area contributed by atoms with Gasteiger partial charge in [-0.15, -0.1) is 0 Å². The molecule has 0 heterocycles. The quantitative estimate of drug-likeness (QED) is 0.792. The summed E-state index contributed by atoms with van der Waals surface area (Å²) in [5.74, 6) is -0.164. The summed E-state index contributed by atoms with van der Waals surface area (Å²) in [7, 11) is 1.65. The predicted molar refractivity (Wildman–Crippen MR) is 85.0 cm³/mol. The number of benzene rings is 1. The Bertz CT molecular complexity index is 524. The van der Waals surface area contributed by atoms with E-state index in [2.05, 4.69) is 0 Å². The fourth-order valence-corrected chi connectivity index (χ4v) is 2.17. The third kappa shape index (κ3) is 4.84. The van der Waals surface area contributed by atoms with Crippen molar-refractivity contribution < 1.29 is 15.0 Å². The fraction of sp³-hybridized carbons (Fsp3) is 0.438. The van der Waals surface area contributed by atoms with Gasteiger partial charge in [-0.05, 0) is 24.6 Å². The summed E-state index contributed by atoms with van der Waals surface area (Å²) in [6.45, 7) is 3.34. The molecule has 0 saturated heterocycles. The first-order valence-electron chi connectivity index (χ1n) is 6.73. The van der Waals surface area contributed by atoms with E-state index < -0.39 is 5.41 Å². The van der Waals surface area contributed by atoms with Gasteiger partial charge in [0.2, 0.25) is 5.91 Å². The highest BCUT2D eigenvalue weighted by atomic mass is 35.5. The van der Waals surface area contributed by atoms with Gasteiger partial charge in [-0.3, -0.25) is 4.79 Å². The third-order valence-electron chi connectivity index (χ3n) is 3.34. The van der Waals surface area contributed by atoms with Crippen LogP contribution in [0.25, 0.3) is 6.08 Å². The van der Waals surface area contributed by atoms with Crippen molar-refractivity contribution in [2.24, 2.45) is 5.41 Å². The van der Waals surface area contributed by atoms with Crippen LogP contribution in [0.2, 0.25) is 5.02 Å². The molecule has 0 aliphatic rings. The minimum Gasteiger partial charge on any atom is -0.396 e. The van der Waals surface area contributed by atoms with Gasteiger partial charge in [0.05, 0.1) is 13.2 Å². The van der Waals surface area contributed by atoms with E-state index in [4.69, 9.17) is 11.6 Å². The second-order valence-electron chi connectivity index (χ2n) is 5.64. The lowest BCUT2D eigenvalue weighted by molar-refractivity contribution is -0.127. The number of hydrogen-bond acceptors (Lipinski definition) is 3. The Morgan fingerprint density at radius 3 is 2.43 bits per heavy atom. The van der Waals surface area contributed by atoms with Crippen LogP contribution in [-0.4, -0.2) is 47.8 Å². The molecule has 0 bridgehead atoms. The van der Waals surface area contributed by atoms with Crippen molar-refractivity contribution in [3.63, 3.8) is 0 Å². The van der Waals surface area contributed by atoms with Crippen molar-refractivity contribution >= 4 is 23.6 Å². The van der Waals surface area contributed by atoms with Crippen LogP contribution >= 0.6 is 11.6 Å². The minimum atomic E-state index is -0.713. The van der Waals surface area contributed by atoms with E-state index >= 15 is 0 Å². The van der Waals surface area contributed by atoms with Crippen LogP contribution in [-0.2, 0) is 4.79 Å². The van der Waals surface area contributed by atoms with Crippen LogP contribution < -0.4 is 0 Å². The third-order valence-corrected chi connectivity index (χ3v) is 3.69. The zero-order valence-corrected chi connectivity index (χ0v) is 13.4. The number of likely N-dealkylation sites (N-methyl/N-ethyl adjacent to an activating group) is 1. The average molecular weight is 312 g/mol. The lowest BCUT2D eigenvalue weighted by atomic mass is 9.92. The first kappa shape index (κ1) is 17.7. The molecule has 0 radical (unpaired) electrons. The lowest BCUT2D eigenvalue weighted by Gasteiger charge is -2.30. The zero-order valence-electron chi connectivity index (χ0n) is 12.6. The van der Waals surface area contributed by atoms with Crippen molar-refractivity contribution in [3.8, 4) is 0 Å². The molecular formula is C16H22ClNO3. The number of carbonyl (C=O) groups is 1. The second kappa shape index (κ2) is 7.59. The summed E-state index contributed by atoms with van der Waals surface area (Å²) >= 11 is 6.07. The van der Waals surface area contributed by atoms with Crippen molar-refractivity contribution in [2.75, 3.05) is 26.8 Å². The highest BCUT2D eigenvalue weighted by Crippen LogP contribution is 2.20. The maximum absolute atomic E-state index is 12.3. The average Bonchev–Trinajstić information content (AvgIpc) is 2.48. The predicted octanol–water partition coefficient (Wildman–Crippen LogP) is 2.19. The minimum absolute atomic E-state index is 0.164. The topological polar surface area (TPSA) is 60.8 Å². The van der Waals surface area contributed by atoms with Gasteiger partial charge >= 0.3 is 0 Å². The number of rotatable bonds is 6. The Morgan fingerprint density at radius 2 is 1.90 bits per heavy atom. The number of aliphatic hydroxyl groups excluding tert-OH is 2. The van der Waals surface area contributed by atoms with Gasteiger partial charge in [0.25, 0.3) is 0 Å². The van der Waals surface area contributed by atoms with E-state index in [1.54, 1.807) is 33.0 Å². The fourth-order valence-electron chi connectivity index (χ4n) is 1.98. The zero-order chi connectivity index (χ0) is 16.0. The van der Waals surface area contributed by atoms with Crippen molar-refractivity contribution in [1.29, 1.82) is 0 Å². The highest BCUT2D eigenvalue weighted by Gasteiger charge is 2.26. The van der Waals surface area contributed by atoms with Gasteiger partial charge in [-0.2, -0.15) is 0 Å². The standard InChI is InChI=1S/C16H22ClNO3/c1-12(8-13-6-4-5-7-14(13)17)15(21)18(3)9-16(2,10-19)11-20/h4-8,19-20H,9-11H2,1-3H3/b12-8+. The van der Waals surface area contributed by atoms with E-state index in [1.165, 1.54) is 4.90 Å². The van der Waals surface area contributed by atoms with Crippen LogP contribution in [0.1, 0.15) is 19.4 Å². The van der Waals surface area contributed by atoms with E-state index in [1.807, 2.05) is 18.2 Å². The first-order valence-corrected chi connectivity index (χ1v) is 7.11. The molecule has 0 spiro atoms. The number of amides is 1. The van der Waals surface area contributed by atoms with E-state index in [9.17, 15) is 15.0 Å². The van der Waals surface area contributed by atoms with Crippen molar-refractivity contribution in [1.82, 2.24) is 4.90 Å². The molecule has 1 aromatic carbocycles. The highest BCUT2D eigenvalue weighted by molar-refractivity contribution is 6.32. The van der Waals surface area contributed by atoms with Crippen LogP contribution in [0.4, 0.5) is 0 Å². The number of carbonyl (C=O) groups excluding carboxylic acids is 1. The van der Waals surface area contributed by atoms with E-state index in [0.717, 1.165) is 5.56 Å². The molecule has 1 aromatic rings. The maximum Gasteiger partial charge on any atom is 0.249 e. The molecule has 0 saturated carbocycles. The van der Waals surface area contributed by atoms with Gasteiger partial charge in [-0.1, -0.05) is 36.7 Å². The summed E-state index contributed by atoms with van der Waals surface area (Å²) in [6, 6.07) is 7.29. The molecule has 0 aliphatic heterocycles. The molecule has 0 atom stereocenters. The number of aliphatic hydroxyl groups is 2. The molecule has 0 unspecified atom stereocenters. The van der Waals surface area contributed by atoms with Crippen LogP contribution in [0.15, 0.2) is 29.8 Å². The smallest absolute Gasteiger partial charge is 0.249 e. The molecule has 0 aromatic heterocycles. The molecule has 1 rings (SSSR count). The Hall–Kier alpha value is -1.36. The van der Waals surface area contributed by atoms with Gasteiger partial charge in [0.1, 0.15) is 0 Å². The van der Waals surface area contributed by atoms with E-state index in [-0.39, 0.29) is 25.7 Å². The number of halogens is 1. The largest absolute Gasteiger partial charge is 0.396 e. The Morgan fingerprint density at radius 1 is 1.33 bits per heavy atom. The summed E-state index contributed by atoms with van der Waals surface area (Å²) < 4.78 is 0. The summed E-state index contributed by atoms with van der Waals surface area (Å²) in [5.41, 5.74) is 0.615. The molecule has 116 valence electrons. The van der Waals surface area contributed by atoms with Gasteiger partial charge < -0.3 is 15.1 Å². The Kier molecular flexibility index (Phi) is 6.40.